The zero-order chi connectivity index (χ0) is 17.2. The Morgan fingerprint density at radius 1 is 1.40 bits per heavy atom. The zero-order valence-corrected chi connectivity index (χ0v) is 15.7. The molecule has 138 valence electrons. The number of benzene rings is 1. The van der Waals surface area contributed by atoms with Gasteiger partial charge in [0.2, 0.25) is 5.91 Å². The first-order chi connectivity index (χ1) is 11.6. The molecule has 2 N–H and O–H groups in total. The van der Waals surface area contributed by atoms with Gasteiger partial charge in [-0.15, -0.1) is 12.4 Å². The Balaban J connectivity index is 0.00000225. The second-order valence-electron chi connectivity index (χ2n) is 6.23. The first-order valence-electron chi connectivity index (χ1n) is 8.19. The van der Waals surface area contributed by atoms with E-state index in [0.717, 1.165) is 18.8 Å². The molecule has 0 radical (unpaired) electrons. The average molecular weight is 388 g/mol. The van der Waals surface area contributed by atoms with E-state index >= 15 is 0 Å². The highest BCUT2D eigenvalue weighted by molar-refractivity contribution is 6.31. The predicted octanol–water partition coefficient (Wildman–Crippen LogP) is 1.75. The van der Waals surface area contributed by atoms with E-state index in [9.17, 15) is 9.59 Å². The molecule has 6 nitrogen and oxygen atoms in total. The van der Waals surface area contributed by atoms with Crippen LogP contribution >= 0.6 is 24.0 Å². The second kappa shape index (κ2) is 8.36. The number of piperidine rings is 1. The first kappa shape index (κ1) is 20.0. The fraction of sp³-hybridized carbons (Fsp3) is 0.529. The van der Waals surface area contributed by atoms with Gasteiger partial charge >= 0.3 is 0 Å². The summed E-state index contributed by atoms with van der Waals surface area (Å²) < 4.78 is 5.52. The molecule has 1 unspecified atom stereocenters. The van der Waals surface area contributed by atoms with Crippen LogP contribution in [0.3, 0.4) is 0 Å². The minimum atomic E-state index is -0.838. The van der Waals surface area contributed by atoms with E-state index in [2.05, 4.69) is 10.6 Å². The summed E-state index contributed by atoms with van der Waals surface area (Å²) >= 11 is 6.00. The van der Waals surface area contributed by atoms with Gasteiger partial charge in [0, 0.05) is 24.4 Å². The van der Waals surface area contributed by atoms with E-state index in [-0.39, 0.29) is 24.2 Å². The number of halogens is 2. The minimum Gasteiger partial charge on any atom is -0.368 e. The van der Waals surface area contributed by atoms with Gasteiger partial charge in [-0.05, 0) is 50.6 Å². The van der Waals surface area contributed by atoms with Gasteiger partial charge in [-0.3, -0.25) is 9.59 Å². The van der Waals surface area contributed by atoms with E-state index in [1.165, 1.54) is 0 Å². The molecule has 2 heterocycles. The van der Waals surface area contributed by atoms with Gasteiger partial charge in [0.15, 0.2) is 0 Å². The molecule has 25 heavy (non-hydrogen) atoms. The highest BCUT2D eigenvalue weighted by atomic mass is 35.5. The maximum absolute atomic E-state index is 12.7. The van der Waals surface area contributed by atoms with Crippen LogP contribution in [0.2, 0.25) is 5.02 Å². The molecular weight excluding hydrogens is 365 g/mol. The fourth-order valence-electron chi connectivity index (χ4n) is 3.36. The molecule has 1 atom stereocenters. The highest BCUT2D eigenvalue weighted by Gasteiger charge is 2.43. The van der Waals surface area contributed by atoms with E-state index in [4.69, 9.17) is 16.3 Å². The number of carbonyl (C=O) groups excluding carboxylic acids is 2. The van der Waals surface area contributed by atoms with E-state index < -0.39 is 11.6 Å². The van der Waals surface area contributed by atoms with Gasteiger partial charge < -0.3 is 20.3 Å². The Hall–Kier alpha value is -1.34. The number of nitrogens with zero attached hydrogens (tertiary/aromatic N) is 1. The van der Waals surface area contributed by atoms with Crippen LogP contribution in [0.4, 0.5) is 5.69 Å². The highest BCUT2D eigenvalue weighted by Crippen LogP contribution is 2.26. The number of amides is 2. The van der Waals surface area contributed by atoms with Gasteiger partial charge in [0.1, 0.15) is 11.6 Å². The Morgan fingerprint density at radius 2 is 2.12 bits per heavy atom. The number of hydrogen-bond donors (Lipinski definition) is 2. The molecule has 2 amide bonds. The van der Waals surface area contributed by atoms with Crippen molar-refractivity contribution in [1.82, 2.24) is 10.6 Å². The van der Waals surface area contributed by atoms with Crippen molar-refractivity contribution >= 4 is 41.5 Å². The van der Waals surface area contributed by atoms with Crippen LogP contribution in [0, 0.1) is 0 Å². The summed E-state index contributed by atoms with van der Waals surface area (Å²) in [4.78, 5) is 27.0. The lowest BCUT2D eigenvalue weighted by Crippen LogP contribution is -2.57. The molecule has 0 aliphatic carbocycles. The summed E-state index contributed by atoms with van der Waals surface area (Å²) in [5, 5.41) is 6.69. The van der Waals surface area contributed by atoms with Crippen LogP contribution in [0.25, 0.3) is 0 Å². The van der Waals surface area contributed by atoms with Crippen molar-refractivity contribution in [2.24, 2.45) is 0 Å². The van der Waals surface area contributed by atoms with Gasteiger partial charge in [0.25, 0.3) is 5.91 Å². The van der Waals surface area contributed by atoms with E-state index in [0.29, 0.717) is 30.8 Å². The quantitative estimate of drug-likeness (QED) is 0.825. The Labute approximate surface area is 158 Å². The van der Waals surface area contributed by atoms with Gasteiger partial charge in [-0.1, -0.05) is 17.7 Å². The van der Waals surface area contributed by atoms with Crippen LogP contribution in [0.5, 0.6) is 0 Å². The summed E-state index contributed by atoms with van der Waals surface area (Å²) in [6.07, 6.45) is 1.79. The molecular formula is C17H23Cl2N3O3. The molecule has 0 aromatic heterocycles. The van der Waals surface area contributed by atoms with Crippen LogP contribution in [-0.4, -0.2) is 50.2 Å². The van der Waals surface area contributed by atoms with Crippen LogP contribution in [-0.2, 0) is 14.3 Å². The van der Waals surface area contributed by atoms with Gasteiger partial charge in [-0.25, -0.2) is 0 Å². The average Bonchev–Trinajstić information content (AvgIpc) is 2.96. The molecule has 3 rings (SSSR count). The van der Waals surface area contributed by atoms with Gasteiger partial charge in [-0.2, -0.15) is 0 Å². The van der Waals surface area contributed by atoms with Crippen molar-refractivity contribution in [3.05, 3.63) is 29.3 Å². The molecule has 2 aliphatic rings. The van der Waals surface area contributed by atoms with Crippen molar-refractivity contribution < 1.29 is 14.3 Å². The standard InChI is InChI=1S/C17H22ClN3O3.ClH/c1-24-17(6-8-19-9-7-17)16(23)20-14-5-10-21(15(14)22)13-4-2-3-12(18)11-13;/h2-4,11,14,19H,5-10H2,1H3,(H,20,23);1H. The smallest absolute Gasteiger partial charge is 0.252 e. The maximum Gasteiger partial charge on any atom is 0.252 e. The van der Waals surface area contributed by atoms with Crippen molar-refractivity contribution in [1.29, 1.82) is 0 Å². The van der Waals surface area contributed by atoms with E-state index in [1.807, 2.05) is 12.1 Å². The SMILES string of the molecule is COC1(C(=O)NC2CCN(c3cccc(Cl)c3)C2=O)CCNCC1.Cl. The van der Waals surface area contributed by atoms with Gasteiger partial charge in [0.05, 0.1) is 0 Å². The number of methoxy groups -OCH3 is 1. The number of anilines is 1. The van der Waals surface area contributed by atoms with Crippen molar-refractivity contribution in [3.63, 3.8) is 0 Å². The minimum absolute atomic E-state index is 0. The number of hydrogen-bond acceptors (Lipinski definition) is 4. The molecule has 2 aliphatic heterocycles. The zero-order valence-electron chi connectivity index (χ0n) is 14.1. The second-order valence-corrected chi connectivity index (χ2v) is 6.67. The Morgan fingerprint density at radius 3 is 2.76 bits per heavy atom. The molecule has 0 spiro atoms. The fourth-order valence-corrected chi connectivity index (χ4v) is 3.54. The lowest BCUT2D eigenvalue weighted by atomic mass is 9.90. The molecule has 2 fully saturated rings. The topological polar surface area (TPSA) is 70.7 Å². The Kier molecular flexibility index (Phi) is 6.68. The maximum atomic E-state index is 12.7. The molecule has 2 saturated heterocycles. The predicted molar refractivity (Wildman–Crippen MR) is 99.4 cm³/mol. The molecule has 1 aromatic rings. The monoisotopic (exact) mass is 387 g/mol. The summed E-state index contributed by atoms with van der Waals surface area (Å²) in [6.45, 7) is 2.02. The van der Waals surface area contributed by atoms with Crippen molar-refractivity contribution in [2.75, 3.05) is 31.6 Å². The van der Waals surface area contributed by atoms with Crippen LogP contribution in [0.15, 0.2) is 24.3 Å². The van der Waals surface area contributed by atoms with Crippen molar-refractivity contribution in [3.8, 4) is 0 Å². The Bertz CT molecular complexity index is 635. The van der Waals surface area contributed by atoms with Crippen LogP contribution in [0.1, 0.15) is 19.3 Å². The number of carbonyl (C=O) groups is 2. The number of rotatable bonds is 4. The third-order valence-corrected chi connectivity index (χ3v) is 5.08. The third kappa shape index (κ3) is 4.08. The summed E-state index contributed by atoms with van der Waals surface area (Å²) in [5.41, 5.74) is -0.0813. The van der Waals surface area contributed by atoms with Crippen molar-refractivity contribution in [2.45, 2.75) is 30.9 Å². The molecule has 0 saturated carbocycles. The number of nitrogens with one attached hydrogen (secondary N) is 2. The van der Waals surface area contributed by atoms with Crippen LogP contribution < -0.4 is 15.5 Å². The first-order valence-corrected chi connectivity index (χ1v) is 8.57. The third-order valence-electron chi connectivity index (χ3n) is 4.85. The molecule has 1 aromatic carbocycles. The normalized spacial score (nSPS) is 22.4. The lowest BCUT2D eigenvalue weighted by Gasteiger charge is -2.35. The lowest BCUT2D eigenvalue weighted by molar-refractivity contribution is -0.148. The molecule has 8 heteroatoms. The molecule has 0 bridgehead atoms. The number of ether oxygens (including phenoxy) is 1. The summed E-state index contributed by atoms with van der Waals surface area (Å²) in [7, 11) is 1.56. The van der Waals surface area contributed by atoms with E-state index in [1.54, 1.807) is 24.1 Å². The largest absolute Gasteiger partial charge is 0.368 e. The summed E-state index contributed by atoms with van der Waals surface area (Å²) in [5.74, 6) is -0.302. The summed E-state index contributed by atoms with van der Waals surface area (Å²) in [6, 6.07) is 6.67.